The summed E-state index contributed by atoms with van der Waals surface area (Å²) in [6, 6.07) is 31.8. The predicted octanol–water partition coefficient (Wildman–Crippen LogP) is 8.64. The van der Waals surface area contributed by atoms with Gasteiger partial charge in [-0.2, -0.15) is 0 Å². The molecule has 2 aromatic heterocycles. The summed E-state index contributed by atoms with van der Waals surface area (Å²) in [6.45, 7) is 1.38. The fourth-order valence-corrected chi connectivity index (χ4v) is 2.41. The number of pyridine rings is 2. The van der Waals surface area contributed by atoms with Crippen LogP contribution in [0.3, 0.4) is 0 Å². The SMILES string of the molecule is [Cl][Ta]([Cl])[Cl].c1ccc(C[N-]c2ccccn2)cc1.c1ccc(C[N-]c2ccccn2)cc1. The van der Waals surface area contributed by atoms with Gasteiger partial charge in [0.15, 0.2) is 0 Å². The molecule has 0 fully saturated rings. The molecule has 2 aromatic carbocycles. The first-order chi connectivity index (χ1) is 15.6. The first-order valence-corrected chi connectivity index (χ1v) is 21.6. The number of halogens is 3. The van der Waals surface area contributed by atoms with Crippen LogP contribution in [0.25, 0.3) is 10.6 Å². The molecule has 8 heteroatoms. The van der Waals surface area contributed by atoms with Gasteiger partial charge in [0.05, 0.1) is 0 Å². The summed E-state index contributed by atoms with van der Waals surface area (Å²) < 4.78 is 0. The van der Waals surface area contributed by atoms with E-state index in [1.54, 1.807) is 12.4 Å². The Labute approximate surface area is 207 Å². The quantitative estimate of drug-likeness (QED) is 0.209. The number of nitrogens with zero attached hydrogens (tertiary/aromatic N) is 4. The van der Waals surface area contributed by atoms with E-state index < -0.39 is 15.2 Å². The maximum atomic E-state index is 5.01. The molecule has 0 radical (unpaired) electrons. The molecule has 0 spiro atoms. The van der Waals surface area contributed by atoms with Gasteiger partial charge in [-0.05, 0) is 24.2 Å². The third kappa shape index (κ3) is 12.7. The maximum Gasteiger partial charge on any atom is -0.0252 e. The molecule has 0 N–H and O–H groups in total. The average Bonchev–Trinajstić information content (AvgIpc) is 2.84. The summed E-state index contributed by atoms with van der Waals surface area (Å²) in [5, 5.41) is 8.73. The normalized spacial score (nSPS) is 9.62. The van der Waals surface area contributed by atoms with Gasteiger partial charge < -0.3 is 20.6 Å². The molecule has 32 heavy (non-hydrogen) atoms. The van der Waals surface area contributed by atoms with Gasteiger partial charge in [-0.15, -0.1) is 0 Å². The van der Waals surface area contributed by atoms with Crippen LogP contribution < -0.4 is 0 Å². The minimum atomic E-state index is -2.18. The van der Waals surface area contributed by atoms with Crippen molar-refractivity contribution in [1.82, 2.24) is 9.97 Å². The minimum Gasteiger partial charge on any atom is -0.461 e. The van der Waals surface area contributed by atoms with Gasteiger partial charge in [0.1, 0.15) is 0 Å². The predicted molar refractivity (Wildman–Crippen MR) is 132 cm³/mol. The zero-order valence-electron chi connectivity index (χ0n) is 17.2. The van der Waals surface area contributed by atoms with Crippen LogP contribution in [-0.2, 0) is 28.3 Å². The molecule has 0 aliphatic carbocycles. The minimum absolute atomic E-state index is 0.692. The van der Waals surface area contributed by atoms with E-state index >= 15 is 0 Å². The molecule has 0 saturated carbocycles. The molecule has 0 bridgehead atoms. The Morgan fingerprint density at radius 1 is 0.531 bits per heavy atom. The molecule has 0 aliphatic heterocycles. The summed E-state index contributed by atoms with van der Waals surface area (Å²) in [5.74, 6) is 1.58. The number of hydrogen-bond acceptors (Lipinski definition) is 2. The van der Waals surface area contributed by atoms with E-state index in [9.17, 15) is 0 Å². The molecule has 4 rings (SSSR count). The second kappa shape index (κ2) is 16.6. The molecular formula is C24H22Cl3N4Ta-2. The Hall–Kier alpha value is -2.05. The topological polar surface area (TPSA) is 54.0 Å². The summed E-state index contributed by atoms with van der Waals surface area (Å²) >= 11 is -2.18. The van der Waals surface area contributed by atoms with Gasteiger partial charge in [0.2, 0.25) is 0 Å². The van der Waals surface area contributed by atoms with Gasteiger partial charge in [0.25, 0.3) is 0 Å². The van der Waals surface area contributed by atoms with Crippen molar-refractivity contribution < 1.29 is 15.2 Å². The standard InChI is InChI=1S/2C12H11N2.3ClH.Ta/c2*1-2-6-11(7-3-1)10-14-12-8-4-5-9-13-12;;;;/h2*1-9H,10H2;3*1H;/q2*-1;;;;+3/p-3. The van der Waals surface area contributed by atoms with Crippen molar-refractivity contribution in [3.05, 3.63) is 131 Å². The third-order valence-electron chi connectivity index (χ3n) is 3.83. The van der Waals surface area contributed by atoms with E-state index in [4.69, 9.17) is 27.6 Å². The van der Waals surface area contributed by atoms with Crippen molar-refractivity contribution in [2.24, 2.45) is 0 Å². The number of benzene rings is 2. The van der Waals surface area contributed by atoms with Crippen LogP contribution in [0, 0.1) is 0 Å². The van der Waals surface area contributed by atoms with E-state index in [2.05, 4.69) is 44.9 Å². The van der Waals surface area contributed by atoms with Crippen LogP contribution in [0.4, 0.5) is 11.6 Å². The Morgan fingerprint density at radius 3 is 1.19 bits per heavy atom. The molecule has 0 atom stereocenters. The summed E-state index contributed by atoms with van der Waals surface area (Å²) in [6.07, 6.45) is 3.51. The molecule has 4 nitrogen and oxygen atoms in total. The van der Waals surface area contributed by atoms with E-state index in [1.807, 2.05) is 72.8 Å². The van der Waals surface area contributed by atoms with Crippen molar-refractivity contribution in [2.75, 3.05) is 0 Å². The van der Waals surface area contributed by atoms with Crippen molar-refractivity contribution >= 4 is 39.2 Å². The zero-order valence-corrected chi connectivity index (χ0v) is 22.7. The van der Waals surface area contributed by atoms with Gasteiger partial charge in [-0.1, -0.05) is 121 Å². The molecule has 0 saturated heterocycles. The van der Waals surface area contributed by atoms with E-state index in [-0.39, 0.29) is 0 Å². The Bertz CT molecular complexity index is 803. The Kier molecular flexibility index (Phi) is 13.6. The maximum absolute atomic E-state index is 5.01. The fourth-order valence-electron chi connectivity index (χ4n) is 2.41. The molecular weight excluding hydrogens is 632 g/mol. The molecule has 0 aliphatic rings. The summed E-state index contributed by atoms with van der Waals surface area (Å²) in [5.41, 5.74) is 2.41. The molecule has 166 valence electrons. The van der Waals surface area contributed by atoms with Crippen LogP contribution >= 0.6 is 27.6 Å². The second-order valence-electron chi connectivity index (χ2n) is 6.17. The Morgan fingerprint density at radius 2 is 0.875 bits per heavy atom. The second-order valence-corrected chi connectivity index (χ2v) is 20.1. The van der Waals surface area contributed by atoms with Crippen molar-refractivity contribution in [3.8, 4) is 0 Å². The summed E-state index contributed by atoms with van der Waals surface area (Å²) in [7, 11) is 15.0. The van der Waals surface area contributed by atoms with E-state index in [0.29, 0.717) is 13.1 Å². The fraction of sp³-hybridized carbons (Fsp3) is 0.0833. The summed E-state index contributed by atoms with van der Waals surface area (Å²) in [4.78, 5) is 8.25. The van der Waals surface area contributed by atoms with E-state index in [0.717, 1.165) is 11.6 Å². The smallest absolute Gasteiger partial charge is 0.0252 e. The van der Waals surface area contributed by atoms with Crippen molar-refractivity contribution in [2.45, 2.75) is 13.1 Å². The molecule has 4 aromatic rings. The molecule has 0 unspecified atom stereocenters. The van der Waals surface area contributed by atoms with Crippen LogP contribution in [0.15, 0.2) is 109 Å². The van der Waals surface area contributed by atoms with Gasteiger partial charge >= 0.3 is 42.8 Å². The first-order valence-electron chi connectivity index (χ1n) is 9.66. The molecule has 0 amide bonds. The largest absolute Gasteiger partial charge is 0.461 e. The number of aromatic nitrogens is 2. The van der Waals surface area contributed by atoms with Crippen molar-refractivity contribution in [3.63, 3.8) is 0 Å². The zero-order chi connectivity index (χ0) is 22.9. The van der Waals surface area contributed by atoms with Crippen LogP contribution in [-0.4, -0.2) is 9.97 Å². The third-order valence-corrected chi connectivity index (χ3v) is 3.83. The van der Waals surface area contributed by atoms with Crippen LogP contribution in [0.2, 0.25) is 0 Å². The molecule has 2 heterocycles. The Balaban J connectivity index is 0.000000195. The van der Waals surface area contributed by atoms with Crippen LogP contribution in [0.1, 0.15) is 11.1 Å². The number of hydrogen-bond donors (Lipinski definition) is 0. The van der Waals surface area contributed by atoms with Crippen molar-refractivity contribution in [1.29, 1.82) is 0 Å². The average molecular weight is 654 g/mol. The van der Waals surface area contributed by atoms with Gasteiger partial charge in [0, 0.05) is 0 Å². The van der Waals surface area contributed by atoms with Gasteiger partial charge in [-0.25, -0.2) is 0 Å². The van der Waals surface area contributed by atoms with Gasteiger partial charge in [-0.3, -0.25) is 0 Å². The van der Waals surface area contributed by atoms with E-state index in [1.165, 1.54) is 11.1 Å². The number of rotatable bonds is 6. The first kappa shape index (κ1) is 26.2. The van der Waals surface area contributed by atoms with Crippen LogP contribution in [0.5, 0.6) is 0 Å². The monoisotopic (exact) mass is 652 g/mol.